The van der Waals surface area contributed by atoms with Crippen LogP contribution in [0.2, 0.25) is 0 Å². The molecule has 1 heterocycles. The minimum Gasteiger partial charge on any atom is -0.369 e. The van der Waals surface area contributed by atoms with E-state index in [1.165, 1.54) is 5.56 Å². The molecule has 19 heavy (non-hydrogen) atoms. The highest BCUT2D eigenvalue weighted by atomic mass is 15.2. The van der Waals surface area contributed by atoms with Gasteiger partial charge in [-0.3, -0.25) is 0 Å². The smallest absolute Gasteiger partial charge is 0.148 e. The number of anilines is 1. The van der Waals surface area contributed by atoms with Crippen LogP contribution in [0.5, 0.6) is 0 Å². The Balaban J connectivity index is 1.63. The van der Waals surface area contributed by atoms with E-state index in [2.05, 4.69) is 51.7 Å². The molecule has 0 spiro atoms. The van der Waals surface area contributed by atoms with Crippen molar-refractivity contribution in [2.45, 2.75) is 13.0 Å². The first-order chi connectivity index (χ1) is 9.34. The Kier molecular flexibility index (Phi) is 5.31. The van der Waals surface area contributed by atoms with Crippen molar-refractivity contribution in [3.05, 3.63) is 54.2 Å². The largest absolute Gasteiger partial charge is 0.369 e. The molecule has 0 bridgehead atoms. The van der Waals surface area contributed by atoms with E-state index in [1.54, 1.807) is 6.20 Å². The lowest BCUT2D eigenvalue weighted by molar-refractivity contribution is 0.325. The van der Waals surface area contributed by atoms with E-state index in [-0.39, 0.29) is 0 Å². The van der Waals surface area contributed by atoms with Crippen LogP contribution >= 0.6 is 0 Å². The van der Waals surface area contributed by atoms with Gasteiger partial charge >= 0.3 is 0 Å². The van der Waals surface area contributed by atoms with Gasteiger partial charge in [-0.05, 0) is 37.7 Å². The number of hydrogen-bond acceptors (Lipinski definition) is 4. The summed E-state index contributed by atoms with van der Waals surface area (Å²) in [6.07, 6.45) is 2.76. The Bertz CT molecular complexity index is 458. The van der Waals surface area contributed by atoms with E-state index < -0.39 is 0 Å². The second-order valence-electron chi connectivity index (χ2n) is 4.61. The molecule has 0 saturated carbocycles. The topological polar surface area (TPSA) is 41.0 Å². The fourth-order valence-electron chi connectivity index (χ4n) is 1.94. The Labute approximate surface area is 114 Å². The van der Waals surface area contributed by atoms with Crippen LogP contribution in [0.4, 0.5) is 5.82 Å². The van der Waals surface area contributed by atoms with Crippen molar-refractivity contribution in [2.24, 2.45) is 0 Å². The van der Waals surface area contributed by atoms with E-state index in [1.807, 2.05) is 18.2 Å². The number of nitrogens with zero attached hydrogens (tertiary/aromatic N) is 3. The highest BCUT2D eigenvalue weighted by Crippen LogP contribution is 2.03. The van der Waals surface area contributed by atoms with Gasteiger partial charge in [0.25, 0.3) is 0 Å². The van der Waals surface area contributed by atoms with Gasteiger partial charge < -0.3 is 10.2 Å². The fraction of sp³-hybridized carbons (Fsp3) is 0.333. The molecule has 100 valence electrons. The lowest BCUT2D eigenvalue weighted by Gasteiger charge is -2.16. The average Bonchev–Trinajstić information content (AvgIpc) is 2.46. The minimum absolute atomic E-state index is 0.841. The number of rotatable bonds is 7. The molecule has 2 rings (SSSR count). The van der Waals surface area contributed by atoms with Crippen LogP contribution < -0.4 is 5.32 Å². The zero-order valence-electron chi connectivity index (χ0n) is 11.3. The molecular formula is C15H20N4. The first kappa shape index (κ1) is 13.5. The third kappa shape index (κ3) is 5.06. The van der Waals surface area contributed by atoms with Crippen molar-refractivity contribution in [3.63, 3.8) is 0 Å². The van der Waals surface area contributed by atoms with Crippen molar-refractivity contribution in [3.8, 4) is 0 Å². The summed E-state index contributed by atoms with van der Waals surface area (Å²) < 4.78 is 0. The third-order valence-corrected chi connectivity index (χ3v) is 2.89. The lowest BCUT2D eigenvalue weighted by Crippen LogP contribution is -2.21. The van der Waals surface area contributed by atoms with E-state index in [4.69, 9.17) is 0 Å². The van der Waals surface area contributed by atoms with E-state index in [0.29, 0.717) is 0 Å². The van der Waals surface area contributed by atoms with Crippen LogP contribution in [0, 0.1) is 0 Å². The normalized spacial score (nSPS) is 10.6. The highest BCUT2D eigenvalue weighted by molar-refractivity contribution is 5.30. The average molecular weight is 256 g/mol. The predicted molar refractivity (Wildman–Crippen MR) is 77.9 cm³/mol. The molecule has 0 atom stereocenters. The second-order valence-corrected chi connectivity index (χ2v) is 4.61. The van der Waals surface area contributed by atoms with Gasteiger partial charge in [-0.25, -0.2) is 0 Å². The summed E-state index contributed by atoms with van der Waals surface area (Å²) in [6, 6.07) is 14.4. The molecule has 0 radical (unpaired) electrons. The number of nitrogens with one attached hydrogen (secondary N) is 1. The highest BCUT2D eigenvalue weighted by Gasteiger charge is 1.99. The Morgan fingerprint density at radius 2 is 1.95 bits per heavy atom. The van der Waals surface area contributed by atoms with Gasteiger partial charge in [-0.2, -0.15) is 5.10 Å². The molecule has 0 saturated heterocycles. The number of aromatic nitrogens is 2. The van der Waals surface area contributed by atoms with Crippen LogP contribution in [-0.2, 0) is 6.54 Å². The Hall–Kier alpha value is -1.94. The maximum atomic E-state index is 3.99. The standard InChI is InChI=1S/C15H20N4/c1-19(13-14-7-3-2-4-8-14)12-6-10-16-15-9-5-11-17-18-15/h2-5,7-9,11H,6,10,12-13H2,1H3,(H,16,18). The molecule has 4 heteroatoms. The molecule has 0 fully saturated rings. The van der Waals surface area contributed by atoms with E-state index in [0.717, 1.165) is 31.9 Å². The van der Waals surface area contributed by atoms with Crippen LogP contribution in [0.15, 0.2) is 48.7 Å². The Morgan fingerprint density at radius 1 is 1.11 bits per heavy atom. The summed E-state index contributed by atoms with van der Waals surface area (Å²) >= 11 is 0. The molecule has 0 aliphatic rings. The van der Waals surface area contributed by atoms with Crippen molar-refractivity contribution < 1.29 is 0 Å². The zero-order valence-corrected chi connectivity index (χ0v) is 11.3. The molecule has 0 unspecified atom stereocenters. The first-order valence-electron chi connectivity index (χ1n) is 6.58. The van der Waals surface area contributed by atoms with Crippen LogP contribution in [-0.4, -0.2) is 35.2 Å². The SMILES string of the molecule is CN(CCCNc1cccnn1)Cc1ccccc1. The monoisotopic (exact) mass is 256 g/mol. The van der Waals surface area contributed by atoms with Gasteiger partial charge in [-0.15, -0.1) is 5.10 Å². The number of benzene rings is 1. The summed E-state index contributed by atoms with van der Waals surface area (Å²) in [7, 11) is 2.15. The van der Waals surface area contributed by atoms with Gasteiger partial charge in [-0.1, -0.05) is 30.3 Å². The zero-order chi connectivity index (χ0) is 13.3. The number of hydrogen-bond donors (Lipinski definition) is 1. The van der Waals surface area contributed by atoms with Gasteiger partial charge in [0.1, 0.15) is 5.82 Å². The van der Waals surface area contributed by atoms with Crippen LogP contribution in [0.3, 0.4) is 0 Å². The molecule has 4 nitrogen and oxygen atoms in total. The summed E-state index contributed by atoms with van der Waals surface area (Å²) in [6.45, 7) is 2.96. The van der Waals surface area contributed by atoms with Crippen molar-refractivity contribution in [2.75, 3.05) is 25.5 Å². The van der Waals surface area contributed by atoms with Crippen molar-refractivity contribution in [1.29, 1.82) is 0 Å². The minimum atomic E-state index is 0.841. The van der Waals surface area contributed by atoms with Gasteiger partial charge in [0.2, 0.25) is 0 Å². The summed E-state index contributed by atoms with van der Waals surface area (Å²) in [5.41, 5.74) is 1.35. The van der Waals surface area contributed by atoms with Crippen molar-refractivity contribution in [1.82, 2.24) is 15.1 Å². The molecular weight excluding hydrogens is 236 g/mol. The predicted octanol–water partition coefficient (Wildman–Crippen LogP) is 2.41. The van der Waals surface area contributed by atoms with E-state index >= 15 is 0 Å². The summed E-state index contributed by atoms with van der Waals surface area (Å²) in [5, 5.41) is 11.1. The van der Waals surface area contributed by atoms with Gasteiger partial charge in [0.15, 0.2) is 0 Å². The maximum Gasteiger partial charge on any atom is 0.148 e. The van der Waals surface area contributed by atoms with Crippen LogP contribution in [0.1, 0.15) is 12.0 Å². The van der Waals surface area contributed by atoms with Crippen molar-refractivity contribution >= 4 is 5.82 Å². The first-order valence-corrected chi connectivity index (χ1v) is 6.58. The van der Waals surface area contributed by atoms with Gasteiger partial charge in [0.05, 0.1) is 0 Å². The summed E-state index contributed by atoms with van der Waals surface area (Å²) in [4.78, 5) is 2.33. The maximum absolute atomic E-state index is 3.99. The third-order valence-electron chi connectivity index (χ3n) is 2.89. The summed E-state index contributed by atoms with van der Waals surface area (Å²) in [5.74, 6) is 0.841. The van der Waals surface area contributed by atoms with E-state index in [9.17, 15) is 0 Å². The molecule has 2 aromatic rings. The quantitative estimate of drug-likeness (QED) is 0.772. The molecule has 0 aliphatic carbocycles. The molecule has 0 amide bonds. The second kappa shape index (κ2) is 7.48. The lowest BCUT2D eigenvalue weighted by atomic mass is 10.2. The molecule has 1 N–H and O–H groups in total. The Morgan fingerprint density at radius 3 is 2.68 bits per heavy atom. The van der Waals surface area contributed by atoms with Crippen LogP contribution in [0.25, 0.3) is 0 Å². The molecule has 1 aromatic heterocycles. The molecule has 0 aliphatic heterocycles. The van der Waals surface area contributed by atoms with Gasteiger partial charge in [0, 0.05) is 19.3 Å². The fourth-order valence-corrected chi connectivity index (χ4v) is 1.94. The molecule has 1 aromatic carbocycles.